The number of H-pyrrole nitrogens is 1. The molecule has 0 saturated heterocycles. The Labute approximate surface area is 177 Å². The number of aryl methyl sites for hydroxylation is 1. The summed E-state index contributed by atoms with van der Waals surface area (Å²) in [4.78, 5) is 24.5. The Morgan fingerprint density at radius 1 is 1.06 bits per heavy atom. The molecule has 0 atom stereocenters. The van der Waals surface area contributed by atoms with Gasteiger partial charge in [-0.3, -0.25) is 9.78 Å². The monoisotopic (exact) mass is 410 g/mol. The van der Waals surface area contributed by atoms with Crippen molar-refractivity contribution >= 4 is 0 Å². The van der Waals surface area contributed by atoms with Crippen LogP contribution in [0.2, 0.25) is 0 Å². The highest BCUT2D eigenvalue weighted by molar-refractivity contribution is 5.81. The largest absolute Gasteiger partial charge is 0.501 e. The number of aromatic nitrogens is 4. The van der Waals surface area contributed by atoms with Crippen molar-refractivity contribution in [3.05, 3.63) is 95.2 Å². The topological polar surface area (TPSA) is 96.9 Å². The van der Waals surface area contributed by atoms with E-state index < -0.39 is 11.2 Å². The second-order valence-corrected chi connectivity index (χ2v) is 7.05. The van der Waals surface area contributed by atoms with Gasteiger partial charge in [-0.05, 0) is 31.2 Å². The quantitative estimate of drug-likeness (QED) is 0.453. The van der Waals surface area contributed by atoms with Gasteiger partial charge in [-0.15, -0.1) is 0 Å². The Hall–Kier alpha value is -4.39. The zero-order valence-electron chi connectivity index (χ0n) is 16.6. The molecular formula is C24H18N4O3. The maximum atomic E-state index is 12.2. The summed E-state index contributed by atoms with van der Waals surface area (Å²) in [5.74, 6) is 0.556. The molecule has 152 valence electrons. The van der Waals surface area contributed by atoms with Crippen molar-refractivity contribution in [3.63, 3.8) is 0 Å². The van der Waals surface area contributed by atoms with Crippen molar-refractivity contribution in [2.24, 2.45) is 0 Å². The van der Waals surface area contributed by atoms with Crippen LogP contribution >= 0.6 is 0 Å². The van der Waals surface area contributed by atoms with Crippen LogP contribution in [0.1, 0.15) is 5.76 Å². The molecule has 4 heterocycles. The van der Waals surface area contributed by atoms with E-state index in [1.54, 1.807) is 19.3 Å². The minimum Gasteiger partial charge on any atom is -0.501 e. The lowest BCUT2D eigenvalue weighted by Crippen LogP contribution is -2.01. The summed E-state index contributed by atoms with van der Waals surface area (Å²) < 4.78 is 7.70. The van der Waals surface area contributed by atoms with E-state index in [0.29, 0.717) is 23.0 Å². The Morgan fingerprint density at radius 3 is 2.68 bits per heavy atom. The number of aromatic hydroxyl groups is 1. The summed E-state index contributed by atoms with van der Waals surface area (Å²) >= 11 is 0. The Kier molecular flexibility index (Phi) is 4.48. The normalized spacial score (nSPS) is 11.0. The molecule has 0 aliphatic rings. The molecule has 0 amide bonds. The molecule has 0 radical (unpaired) electrons. The number of aromatic amines is 1. The van der Waals surface area contributed by atoms with Gasteiger partial charge in [0.25, 0.3) is 0 Å². The van der Waals surface area contributed by atoms with Gasteiger partial charge in [-0.1, -0.05) is 30.3 Å². The summed E-state index contributed by atoms with van der Waals surface area (Å²) in [5.41, 5.74) is 2.99. The highest BCUT2D eigenvalue weighted by Crippen LogP contribution is 2.36. The fraction of sp³-hybridized carbons (Fsp3) is 0.0417. The number of nitrogens with zero attached hydrogens (tertiary/aromatic N) is 3. The van der Waals surface area contributed by atoms with Crippen LogP contribution in [-0.2, 0) is 0 Å². The molecule has 0 aliphatic carbocycles. The maximum Gasteiger partial charge on any atom is 0.227 e. The fourth-order valence-corrected chi connectivity index (χ4v) is 3.53. The predicted octanol–water partition coefficient (Wildman–Crippen LogP) is 4.56. The Bertz CT molecular complexity index is 1420. The number of hydrogen-bond acceptors (Lipinski definition) is 5. The number of pyridine rings is 1. The highest BCUT2D eigenvalue weighted by atomic mass is 16.4. The summed E-state index contributed by atoms with van der Waals surface area (Å²) in [6.45, 7) is 1.66. The van der Waals surface area contributed by atoms with Crippen molar-refractivity contribution in [1.82, 2.24) is 19.5 Å². The third-order valence-electron chi connectivity index (χ3n) is 4.94. The minimum absolute atomic E-state index is 0.0575. The van der Waals surface area contributed by atoms with Crippen LogP contribution in [0.25, 0.3) is 39.9 Å². The van der Waals surface area contributed by atoms with E-state index in [4.69, 9.17) is 9.40 Å². The molecule has 7 nitrogen and oxygen atoms in total. The SMILES string of the molecule is Cc1cc(=O)c(O)c(-c2[nH]c(-c3cccn3-c3cccnc3)nc2-c2ccccc2)o1. The van der Waals surface area contributed by atoms with E-state index >= 15 is 0 Å². The van der Waals surface area contributed by atoms with E-state index in [2.05, 4.69) is 9.97 Å². The van der Waals surface area contributed by atoms with Gasteiger partial charge in [0.1, 0.15) is 17.1 Å². The highest BCUT2D eigenvalue weighted by Gasteiger charge is 2.22. The molecule has 4 aromatic heterocycles. The van der Waals surface area contributed by atoms with Gasteiger partial charge in [-0.25, -0.2) is 4.98 Å². The first-order valence-corrected chi connectivity index (χ1v) is 9.69. The lowest BCUT2D eigenvalue weighted by Gasteiger charge is -2.06. The number of nitrogens with one attached hydrogen (secondary N) is 1. The summed E-state index contributed by atoms with van der Waals surface area (Å²) in [5, 5.41) is 10.5. The average molecular weight is 410 g/mol. The molecular weight excluding hydrogens is 392 g/mol. The number of rotatable bonds is 4. The molecule has 0 spiro atoms. The summed E-state index contributed by atoms with van der Waals surface area (Å²) in [6.07, 6.45) is 5.39. The molecule has 0 bridgehead atoms. The predicted molar refractivity (Wildman–Crippen MR) is 117 cm³/mol. The van der Waals surface area contributed by atoms with E-state index in [0.717, 1.165) is 16.9 Å². The van der Waals surface area contributed by atoms with Crippen molar-refractivity contribution in [3.8, 4) is 45.7 Å². The molecule has 7 heteroatoms. The van der Waals surface area contributed by atoms with E-state index in [9.17, 15) is 9.90 Å². The van der Waals surface area contributed by atoms with Gasteiger partial charge in [-0.2, -0.15) is 0 Å². The maximum absolute atomic E-state index is 12.2. The molecule has 5 rings (SSSR count). The molecule has 0 unspecified atom stereocenters. The van der Waals surface area contributed by atoms with Gasteiger partial charge in [0.05, 0.1) is 17.6 Å². The minimum atomic E-state index is -0.507. The lowest BCUT2D eigenvalue weighted by molar-refractivity contribution is 0.429. The standard InChI is InChI=1S/C24H18N4O3/c1-15-13-19(29)22(30)23(31-15)21-20(16-7-3-2-4-8-16)26-24(27-21)18-10-6-12-28(18)17-9-5-11-25-14-17/h2-14,30H,1H3,(H,26,27). The molecule has 1 aromatic carbocycles. The zero-order chi connectivity index (χ0) is 21.4. The molecule has 31 heavy (non-hydrogen) atoms. The van der Waals surface area contributed by atoms with Crippen molar-refractivity contribution in [2.45, 2.75) is 6.92 Å². The third kappa shape index (κ3) is 3.32. The van der Waals surface area contributed by atoms with Crippen molar-refractivity contribution in [1.29, 1.82) is 0 Å². The first kappa shape index (κ1) is 18.6. The van der Waals surface area contributed by atoms with Gasteiger partial charge in [0.15, 0.2) is 11.6 Å². The average Bonchev–Trinajstić information content (AvgIpc) is 3.45. The van der Waals surface area contributed by atoms with Crippen LogP contribution in [-0.4, -0.2) is 24.6 Å². The van der Waals surface area contributed by atoms with Gasteiger partial charge < -0.3 is 19.1 Å². The molecule has 5 aromatic rings. The van der Waals surface area contributed by atoms with Crippen LogP contribution in [0.3, 0.4) is 0 Å². The molecule has 0 saturated carbocycles. The van der Waals surface area contributed by atoms with Crippen LogP contribution in [0.4, 0.5) is 0 Å². The van der Waals surface area contributed by atoms with Crippen molar-refractivity contribution in [2.75, 3.05) is 0 Å². The van der Waals surface area contributed by atoms with Crippen LogP contribution in [0.15, 0.2) is 88.5 Å². The number of hydrogen-bond donors (Lipinski definition) is 2. The molecule has 0 aliphatic heterocycles. The number of imidazole rings is 1. The molecule has 2 N–H and O–H groups in total. The number of benzene rings is 1. The smallest absolute Gasteiger partial charge is 0.227 e. The van der Waals surface area contributed by atoms with Crippen molar-refractivity contribution < 1.29 is 9.52 Å². The van der Waals surface area contributed by atoms with Crippen LogP contribution in [0, 0.1) is 6.92 Å². The Balaban J connectivity index is 1.75. The molecule has 0 fully saturated rings. The van der Waals surface area contributed by atoms with E-state index in [1.807, 2.05) is 65.4 Å². The second kappa shape index (κ2) is 7.46. The van der Waals surface area contributed by atoms with Crippen LogP contribution < -0.4 is 5.43 Å². The van der Waals surface area contributed by atoms with E-state index in [1.165, 1.54) is 6.07 Å². The van der Waals surface area contributed by atoms with Gasteiger partial charge in [0, 0.05) is 24.0 Å². The van der Waals surface area contributed by atoms with Crippen LogP contribution in [0.5, 0.6) is 5.75 Å². The van der Waals surface area contributed by atoms with Gasteiger partial charge >= 0.3 is 0 Å². The Morgan fingerprint density at radius 2 is 1.90 bits per heavy atom. The lowest BCUT2D eigenvalue weighted by atomic mass is 10.1. The van der Waals surface area contributed by atoms with Gasteiger partial charge in [0.2, 0.25) is 11.2 Å². The van der Waals surface area contributed by atoms with E-state index in [-0.39, 0.29) is 5.76 Å². The third-order valence-corrected chi connectivity index (χ3v) is 4.94. The second-order valence-electron chi connectivity index (χ2n) is 7.05. The first-order chi connectivity index (χ1) is 15.1. The summed E-state index contributed by atoms with van der Waals surface area (Å²) in [6, 6.07) is 18.4. The fourth-order valence-electron chi connectivity index (χ4n) is 3.53. The zero-order valence-corrected chi connectivity index (χ0v) is 16.6. The summed E-state index contributed by atoms with van der Waals surface area (Å²) in [7, 11) is 0. The first-order valence-electron chi connectivity index (χ1n) is 9.69.